The molecule has 158 valence electrons. The maximum absolute atomic E-state index is 2.77. The Hall–Kier alpha value is -1.07. The third-order valence-corrected chi connectivity index (χ3v) is 7.67. The Morgan fingerprint density at radius 2 is 1.52 bits per heavy atom. The number of hydrogen-bond donors (Lipinski definition) is 0. The summed E-state index contributed by atoms with van der Waals surface area (Å²) in [6.45, 7) is 12.1. The van der Waals surface area contributed by atoms with Gasteiger partial charge in [0.2, 0.25) is 0 Å². The van der Waals surface area contributed by atoms with Crippen molar-refractivity contribution in [3.63, 3.8) is 0 Å². The summed E-state index contributed by atoms with van der Waals surface area (Å²) in [6.07, 6.45) is 6.56. The van der Waals surface area contributed by atoms with Crippen molar-refractivity contribution in [2.45, 2.75) is 65.0 Å². The van der Waals surface area contributed by atoms with Crippen LogP contribution in [-0.2, 0) is 12.8 Å². The van der Waals surface area contributed by atoms with Gasteiger partial charge in [0.25, 0.3) is 0 Å². The fraction of sp³-hybridized carbons (Fsp3) is 0.538. The third kappa shape index (κ3) is 4.66. The standard InChI is InChI=1S/C26H37N2.HI/c1-4-28(5-2)17-9-8-12-26(28)20-27(24-15-13-21(3)14-16-24)25-18-22-10-6-7-11-23(22)19-25;/h6-7,10-11,13-16,25-26H,4-5,8-9,12,17-20H2,1-3H3;1H/q+1;/p-1. The predicted molar refractivity (Wildman–Crippen MR) is 120 cm³/mol. The number of piperidine rings is 1. The quantitative estimate of drug-likeness (QED) is 0.432. The molecule has 0 radical (unpaired) electrons. The van der Waals surface area contributed by atoms with Crippen LogP contribution in [0.5, 0.6) is 0 Å². The Morgan fingerprint density at radius 1 is 0.897 bits per heavy atom. The Balaban J connectivity index is 0.00000240. The number of aryl methyl sites for hydroxylation is 1. The number of quaternary nitrogens is 1. The Morgan fingerprint density at radius 3 is 2.10 bits per heavy atom. The summed E-state index contributed by atoms with van der Waals surface area (Å²) in [4.78, 5) is 2.77. The average molecular weight is 505 g/mol. The van der Waals surface area contributed by atoms with E-state index in [2.05, 4.69) is 74.2 Å². The summed E-state index contributed by atoms with van der Waals surface area (Å²) in [5, 5.41) is 0. The minimum atomic E-state index is 0. The van der Waals surface area contributed by atoms with Crippen molar-refractivity contribution in [2.75, 3.05) is 31.1 Å². The highest BCUT2D eigenvalue weighted by Crippen LogP contribution is 2.33. The van der Waals surface area contributed by atoms with Gasteiger partial charge in [0.15, 0.2) is 0 Å². The predicted octanol–water partition coefficient (Wildman–Crippen LogP) is 2.38. The van der Waals surface area contributed by atoms with Crippen LogP contribution in [0.25, 0.3) is 0 Å². The van der Waals surface area contributed by atoms with Gasteiger partial charge in [-0.15, -0.1) is 0 Å². The topological polar surface area (TPSA) is 3.24 Å². The molecule has 2 nitrogen and oxygen atoms in total. The van der Waals surface area contributed by atoms with Crippen molar-refractivity contribution in [2.24, 2.45) is 0 Å². The molecular weight excluding hydrogens is 467 g/mol. The number of benzene rings is 2. The van der Waals surface area contributed by atoms with Crippen LogP contribution in [0.4, 0.5) is 5.69 Å². The summed E-state index contributed by atoms with van der Waals surface area (Å²) in [5.41, 5.74) is 5.88. The molecular formula is C26H37IN2. The van der Waals surface area contributed by atoms with Crippen LogP contribution in [-0.4, -0.2) is 42.7 Å². The van der Waals surface area contributed by atoms with Crippen LogP contribution < -0.4 is 28.9 Å². The van der Waals surface area contributed by atoms with E-state index in [-0.39, 0.29) is 24.0 Å². The van der Waals surface area contributed by atoms with Crippen molar-refractivity contribution >= 4 is 5.69 Å². The van der Waals surface area contributed by atoms with E-state index in [9.17, 15) is 0 Å². The highest BCUT2D eigenvalue weighted by molar-refractivity contribution is 5.51. The van der Waals surface area contributed by atoms with Crippen LogP contribution >= 0.6 is 0 Å². The molecule has 2 aliphatic rings. The molecule has 29 heavy (non-hydrogen) atoms. The smallest absolute Gasteiger partial charge is 0.107 e. The van der Waals surface area contributed by atoms with E-state index in [4.69, 9.17) is 0 Å². The first-order valence-corrected chi connectivity index (χ1v) is 11.4. The number of likely N-dealkylation sites (N-methyl/N-ethyl adjacent to an activating group) is 1. The molecule has 1 unspecified atom stereocenters. The minimum absolute atomic E-state index is 0. The lowest BCUT2D eigenvalue weighted by molar-refractivity contribution is -0.951. The molecule has 4 rings (SSSR count). The fourth-order valence-corrected chi connectivity index (χ4v) is 5.77. The van der Waals surface area contributed by atoms with Gasteiger partial charge in [0, 0.05) is 18.2 Å². The summed E-state index contributed by atoms with van der Waals surface area (Å²) in [7, 11) is 0. The van der Waals surface area contributed by atoms with Gasteiger partial charge in [0.1, 0.15) is 6.04 Å². The Labute approximate surface area is 194 Å². The molecule has 2 aromatic rings. The van der Waals surface area contributed by atoms with E-state index in [0.29, 0.717) is 6.04 Å². The summed E-state index contributed by atoms with van der Waals surface area (Å²) in [6, 6.07) is 19.7. The Bertz CT molecular complexity index is 757. The average Bonchev–Trinajstić information content (AvgIpc) is 3.17. The van der Waals surface area contributed by atoms with E-state index in [1.807, 2.05) is 0 Å². The largest absolute Gasteiger partial charge is 1.00 e. The number of hydrogen-bond acceptors (Lipinski definition) is 1. The lowest BCUT2D eigenvalue weighted by Gasteiger charge is -2.49. The zero-order valence-electron chi connectivity index (χ0n) is 18.4. The molecule has 1 atom stereocenters. The van der Waals surface area contributed by atoms with E-state index in [1.54, 1.807) is 11.1 Å². The van der Waals surface area contributed by atoms with Crippen LogP contribution in [0, 0.1) is 6.92 Å². The Kier molecular flexibility index (Phi) is 7.66. The van der Waals surface area contributed by atoms with Gasteiger partial charge < -0.3 is 33.4 Å². The minimum Gasteiger partial charge on any atom is -1.00 e. The first-order chi connectivity index (χ1) is 13.6. The molecule has 1 aliphatic carbocycles. The molecule has 1 aliphatic heterocycles. The molecule has 1 saturated heterocycles. The fourth-order valence-electron chi connectivity index (χ4n) is 5.77. The van der Waals surface area contributed by atoms with Gasteiger partial charge in [0.05, 0.1) is 26.2 Å². The number of rotatable bonds is 6. The SMILES string of the molecule is CC[N+]1(CC)CCCCC1CN(c1ccc(C)cc1)C1Cc2ccccc2C1.[I-]. The molecule has 3 heteroatoms. The molecule has 0 spiro atoms. The lowest BCUT2D eigenvalue weighted by atomic mass is 9.96. The number of anilines is 1. The van der Waals surface area contributed by atoms with E-state index in [1.165, 1.54) is 74.0 Å². The third-order valence-electron chi connectivity index (χ3n) is 7.67. The van der Waals surface area contributed by atoms with Crippen molar-refractivity contribution in [3.8, 4) is 0 Å². The van der Waals surface area contributed by atoms with Crippen LogP contribution in [0.15, 0.2) is 48.5 Å². The summed E-state index contributed by atoms with van der Waals surface area (Å²) >= 11 is 0. The molecule has 0 bridgehead atoms. The van der Waals surface area contributed by atoms with E-state index in [0.717, 1.165) is 6.04 Å². The van der Waals surface area contributed by atoms with Crippen molar-refractivity contribution in [3.05, 3.63) is 65.2 Å². The van der Waals surface area contributed by atoms with E-state index >= 15 is 0 Å². The summed E-state index contributed by atoms with van der Waals surface area (Å²) in [5.74, 6) is 0. The molecule has 2 aromatic carbocycles. The van der Waals surface area contributed by atoms with Gasteiger partial charge >= 0.3 is 0 Å². The van der Waals surface area contributed by atoms with Crippen LogP contribution in [0.3, 0.4) is 0 Å². The molecule has 1 heterocycles. The molecule has 0 saturated carbocycles. The monoisotopic (exact) mass is 504 g/mol. The van der Waals surface area contributed by atoms with Crippen LogP contribution in [0.1, 0.15) is 49.8 Å². The summed E-state index contributed by atoms with van der Waals surface area (Å²) < 4.78 is 1.31. The molecule has 0 N–H and O–H groups in total. The zero-order valence-corrected chi connectivity index (χ0v) is 20.6. The molecule has 1 fully saturated rings. The maximum atomic E-state index is 2.77. The molecule has 0 aromatic heterocycles. The maximum Gasteiger partial charge on any atom is 0.107 e. The van der Waals surface area contributed by atoms with Crippen LogP contribution in [0.2, 0.25) is 0 Å². The van der Waals surface area contributed by atoms with Crippen molar-refractivity contribution in [1.82, 2.24) is 0 Å². The second-order valence-electron chi connectivity index (χ2n) is 9.04. The first-order valence-electron chi connectivity index (χ1n) is 11.4. The number of nitrogens with zero attached hydrogens (tertiary/aromatic N) is 2. The van der Waals surface area contributed by atoms with Gasteiger partial charge in [-0.25, -0.2) is 0 Å². The van der Waals surface area contributed by atoms with E-state index < -0.39 is 0 Å². The lowest BCUT2D eigenvalue weighted by Crippen LogP contribution is -3.00. The second-order valence-corrected chi connectivity index (χ2v) is 9.04. The van der Waals surface area contributed by atoms with Gasteiger partial charge in [-0.2, -0.15) is 0 Å². The van der Waals surface area contributed by atoms with Crippen molar-refractivity contribution < 1.29 is 28.5 Å². The van der Waals surface area contributed by atoms with Gasteiger partial charge in [-0.1, -0.05) is 42.0 Å². The highest BCUT2D eigenvalue weighted by atomic mass is 127. The van der Waals surface area contributed by atoms with Crippen molar-refractivity contribution in [1.29, 1.82) is 0 Å². The molecule has 0 amide bonds. The van der Waals surface area contributed by atoms with Gasteiger partial charge in [-0.3, -0.25) is 0 Å². The number of fused-ring (bicyclic) bond motifs is 1. The number of likely N-dealkylation sites (tertiary alicyclic amines) is 1. The normalized spacial score (nSPS) is 20.7. The number of halogens is 1. The first kappa shape index (κ1) is 22.6. The zero-order chi connectivity index (χ0) is 19.6. The highest BCUT2D eigenvalue weighted by Gasteiger charge is 2.39. The van der Waals surface area contributed by atoms with Gasteiger partial charge in [-0.05, 0) is 69.7 Å². The second kappa shape index (κ2) is 9.82.